The zero-order valence-electron chi connectivity index (χ0n) is 15.8. The van der Waals surface area contributed by atoms with Crippen molar-refractivity contribution in [2.24, 2.45) is 0 Å². The first-order valence-corrected chi connectivity index (χ1v) is 10.00. The number of nitrogens with zero attached hydrogens (tertiary/aromatic N) is 3. The van der Waals surface area contributed by atoms with Crippen molar-refractivity contribution in [2.45, 2.75) is 26.8 Å². The molecule has 0 spiro atoms. The number of hydrogen-bond acceptors (Lipinski definition) is 4. The van der Waals surface area contributed by atoms with Crippen LogP contribution >= 0.6 is 11.3 Å². The number of benzene rings is 2. The van der Waals surface area contributed by atoms with Crippen LogP contribution in [0.15, 0.2) is 59.4 Å². The summed E-state index contributed by atoms with van der Waals surface area (Å²) in [7, 11) is 0. The number of hydrogen-bond donors (Lipinski definition) is 0. The van der Waals surface area contributed by atoms with Gasteiger partial charge >= 0.3 is 0 Å². The normalized spacial score (nSPS) is 10.9. The summed E-state index contributed by atoms with van der Waals surface area (Å²) >= 11 is 1.58. The molecule has 4 rings (SSSR count). The highest BCUT2D eigenvalue weighted by molar-refractivity contribution is 7.18. The van der Waals surface area contributed by atoms with E-state index >= 15 is 0 Å². The first kappa shape index (κ1) is 18.1. The summed E-state index contributed by atoms with van der Waals surface area (Å²) in [4.78, 5) is 20.2. The maximum absolute atomic E-state index is 13.4. The summed E-state index contributed by atoms with van der Waals surface area (Å²) in [6.45, 7) is 4.48. The van der Waals surface area contributed by atoms with E-state index in [2.05, 4.69) is 13.0 Å². The van der Waals surface area contributed by atoms with Gasteiger partial charge in [0.2, 0.25) is 0 Å². The van der Waals surface area contributed by atoms with Crippen molar-refractivity contribution in [3.8, 4) is 17.5 Å². The third kappa shape index (κ3) is 3.35. The molecular formula is C23H19N3OS. The van der Waals surface area contributed by atoms with Crippen LogP contribution in [-0.2, 0) is 13.0 Å². The zero-order valence-corrected chi connectivity index (χ0v) is 16.6. The quantitative estimate of drug-likeness (QED) is 0.501. The highest BCUT2D eigenvalue weighted by atomic mass is 32.1. The van der Waals surface area contributed by atoms with Gasteiger partial charge in [0.05, 0.1) is 23.6 Å². The Morgan fingerprint density at radius 1 is 1.14 bits per heavy atom. The van der Waals surface area contributed by atoms with Gasteiger partial charge in [0.25, 0.3) is 5.56 Å². The van der Waals surface area contributed by atoms with E-state index < -0.39 is 0 Å². The van der Waals surface area contributed by atoms with Crippen LogP contribution in [0.25, 0.3) is 21.6 Å². The van der Waals surface area contributed by atoms with Crippen LogP contribution in [0.2, 0.25) is 0 Å². The fourth-order valence-corrected chi connectivity index (χ4v) is 4.27. The summed E-state index contributed by atoms with van der Waals surface area (Å²) in [5.74, 6) is 0.660. The second-order valence-corrected chi connectivity index (χ2v) is 7.91. The van der Waals surface area contributed by atoms with Crippen LogP contribution in [0.1, 0.15) is 28.5 Å². The second-order valence-electron chi connectivity index (χ2n) is 6.79. The first-order valence-electron chi connectivity index (χ1n) is 9.18. The van der Waals surface area contributed by atoms with Gasteiger partial charge in [0, 0.05) is 10.4 Å². The van der Waals surface area contributed by atoms with Gasteiger partial charge in [-0.05, 0) is 43.2 Å². The van der Waals surface area contributed by atoms with Gasteiger partial charge in [0.1, 0.15) is 10.7 Å². The van der Waals surface area contributed by atoms with Crippen LogP contribution in [0, 0.1) is 18.3 Å². The van der Waals surface area contributed by atoms with E-state index in [1.54, 1.807) is 22.0 Å². The van der Waals surface area contributed by atoms with Gasteiger partial charge in [-0.2, -0.15) is 5.26 Å². The molecule has 0 amide bonds. The largest absolute Gasteiger partial charge is 0.288 e. The maximum Gasteiger partial charge on any atom is 0.262 e. The number of fused-ring (bicyclic) bond motifs is 1. The molecule has 4 nitrogen and oxygen atoms in total. The molecule has 138 valence electrons. The van der Waals surface area contributed by atoms with Gasteiger partial charge in [0.15, 0.2) is 0 Å². The average molecular weight is 385 g/mol. The SMILES string of the molecule is CCc1cc2c(=O)n(Cc3cccc(C#N)c3)c(-c3cccc(C)c3)nc2s1. The lowest BCUT2D eigenvalue weighted by Crippen LogP contribution is -2.23. The van der Waals surface area contributed by atoms with Gasteiger partial charge in [-0.1, -0.05) is 42.8 Å². The van der Waals surface area contributed by atoms with E-state index in [0.29, 0.717) is 23.3 Å². The minimum absolute atomic E-state index is 0.0418. The van der Waals surface area contributed by atoms with E-state index in [9.17, 15) is 10.1 Å². The van der Waals surface area contributed by atoms with Crippen molar-refractivity contribution in [3.05, 3.63) is 86.5 Å². The topological polar surface area (TPSA) is 58.7 Å². The zero-order chi connectivity index (χ0) is 19.7. The number of rotatable bonds is 4. The van der Waals surface area contributed by atoms with Crippen LogP contribution < -0.4 is 5.56 Å². The van der Waals surface area contributed by atoms with Crippen molar-refractivity contribution in [2.75, 3.05) is 0 Å². The van der Waals surface area contributed by atoms with E-state index in [4.69, 9.17) is 4.98 Å². The van der Waals surface area contributed by atoms with Crippen LogP contribution in [0.4, 0.5) is 0 Å². The Hall–Kier alpha value is -3.23. The van der Waals surface area contributed by atoms with Crippen molar-refractivity contribution in [1.29, 1.82) is 5.26 Å². The van der Waals surface area contributed by atoms with E-state index in [0.717, 1.165) is 32.8 Å². The minimum Gasteiger partial charge on any atom is -0.288 e. The lowest BCUT2D eigenvalue weighted by atomic mass is 10.1. The summed E-state index contributed by atoms with van der Waals surface area (Å²) in [6, 6.07) is 19.5. The molecule has 0 radical (unpaired) electrons. The van der Waals surface area contributed by atoms with Gasteiger partial charge in [-0.3, -0.25) is 9.36 Å². The Bertz CT molecular complexity index is 1280. The molecule has 0 aliphatic heterocycles. The van der Waals surface area contributed by atoms with E-state index in [1.165, 1.54) is 0 Å². The van der Waals surface area contributed by atoms with Crippen LogP contribution in [0.3, 0.4) is 0 Å². The lowest BCUT2D eigenvalue weighted by Gasteiger charge is -2.13. The average Bonchev–Trinajstić information content (AvgIpc) is 3.14. The highest BCUT2D eigenvalue weighted by Crippen LogP contribution is 2.26. The molecule has 2 heterocycles. The van der Waals surface area contributed by atoms with Crippen molar-refractivity contribution < 1.29 is 0 Å². The fourth-order valence-electron chi connectivity index (χ4n) is 3.31. The molecule has 0 unspecified atom stereocenters. The van der Waals surface area contributed by atoms with Crippen molar-refractivity contribution in [1.82, 2.24) is 9.55 Å². The van der Waals surface area contributed by atoms with Crippen LogP contribution in [0.5, 0.6) is 0 Å². The van der Waals surface area contributed by atoms with E-state index in [-0.39, 0.29) is 5.56 Å². The van der Waals surface area contributed by atoms with Crippen molar-refractivity contribution >= 4 is 21.6 Å². The molecule has 0 saturated carbocycles. The third-order valence-electron chi connectivity index (χ3n) is 4.72. The van der Waals surface area contributed by atoms with Gasteiger partial charge in [-0.25, -0.2) is 4.98 Å². The molecule has 0 aliphatic carbocycles. The monoisotopic (exact) mass is 385 g/mol. The summed E-state index contributed by atoms with van der Waals surface area (Å²) in [5, 5.41) is 9.85. The Morgan fingerprint density at radius 3 is 2.71 bits per heavy atom. The molecule has 0 fully saturated rings. The molecule has 0 bridgehead atoms. The molecule has 2 aromatic carbocycles. The fraction of sp³-hybridized carbons (Fsp3) is 0.174. The standard InChI is InChI=1S/C23H19N3OS/c1-3-19-12-20-22(28-19)25-21(18-9-4-6-15(2)10-18)26(23(20)27)14-17-8-5-7-16(11-17)13-24/h4-12H,3,14H2,1-2H3. The molecule has 0 saturated heterocycles. The Kier molecular flexibility index (Phi) is 4.81. The molecular weight excluding hydrogens is 366 g/mol. The molecule has 2 aromatic heterocycles. The Morgan fingerprint density at radius 2 is 1.96 bits per heavy atom. The predicted octanol–water partition coefficient (Wildman–Crippen LogP) is 4.92. The molecule has 5 heteroatoms. The summed E-state index contributed by atoms with van der Waals surface area (Å²) < 4.78 is 1.72. The van der Waals surface area contributed by atoms with Crippen LogP contribution in [-0.4, -0.2) is 9.55 Å². The number of nitriles is 1. The summed E-state index contributed by atoms with van der Waals surface area (Å²) in [5.41, 5.74) is 3.48. The molecule has 0 aliphatic rings. The summed E-state index contributed by atoms with van der Waals surface area (Å²) in [6.07, 6.45) is 0.879. The lowest BCUT2D eigenvalue weighted by molar-refractivity contribution is 0.760. The first-order chi connectivity index (χ1) is 13.6. The number of aromatic nitrogens is 2. The maximum atomic E-state index is 13.4. The third-order valence-corrected chi connectivity index (χ3v) is 5.90. The smallest absolute Gasteiger partial charge is 0.262 e. The van der Waals surface area contributed by atoms with Crippen molar-refractivity contribution in [3.63, 3.8) is 0 Å². The highest BCUT2D eigenvalue weighted by Gasteiger charge is 2.16. The second kappa shape index (κ2) is 7.41. The minimum atomic E-state index is -0.0418. The number of aryl methyl sites for hydroxylation is 2. The molecule has 28 heavy (non-hydrogen) atoms. The molecule has 0 atom stereocenters. The van der Waals surface area contributed by atoms with E-state index in [1.807, 2.05) is 55.5 Å². The van der Waals surface area contributed by atoms with Gasteiger partial charge in [-0.15, -0.1) is 11.3 Å². The predicted molar refractivity (Wildman–Crippen MR) is 114 cm³/mol. The molecule has 0 N–H and O–H groups in total. The Labute approximate surface area is 167 Å². The van der Waals surface area contributed by atoms with Gasteiger partial charge < -0.3 is 0 Å². The Balaban J connectivity index is 1.96. The molecule has 4 aromatic rings. The number of thiophene rings is 1.